The molecule has 1 aromatic rings. The van der Waals surface area contributed by atoms with Gasteiger partial charge in [0.25, 0.3) is 0 Å². The van der Waals surface area contributed by atoms with Crippen molar-refractivity contribution >= 4 is 34.6 Å². The van der Waals surface area contributed by atoms with Crippen LogP contribution >= 0.6 is 23.2 Å². The van der Waals surface area contributed by atoms with Crippen LogP contribution in [0.2, 0.25) is 10.0 Å². The number of rotatable bonds is 0. The first-order chi connectivity index (χ1) is 6.11. The number of nitrogens with one attached hydrogen (secondary N) is 2. The van der Waals surface area contributed by atoms with E-state index in [9.17, 15) is 0 Å². The van der Waals surface area contributed by atoms with Gasteiger partial charge in [-0.1, -0.05) is 33.4 Å². The Morgan fingerprint density at radius 1 is 1.31 bits per heavy atom. The molecule has 0 bridgehead atoms. The van der Waals surface area contributed by atoms with Crippen molar-refractivity contribution in [3.8, 4) is 0 Å². The standard InChI is InChI=1S/C8H6Cl2N3/c9-4-1-2-6-7(8(4)10)5(11)3-13(6)12/h1-2,11-12H,3H2/q+1. The van der Waals surface area contributed by atoms with Gasteiger partial charge in [0.05, 0.1) is 15.6 Å². The molecule has 66 valence electrons. The van der Waals surface area contributed by atoms with Crippen LogP contribution in [0.4, 0.5) is 5.69 Å². The molecule has 0 fully saturated rings. The van der Waals surface area contributed by atoms with Gasteiger partial charge in [-0.15, -0.1) is 0 Å². The van der Waals surface area contributed by atoms with E-state index in [0.29, 0.717) is 27.0 Å². The molecular weight excluding hydrogens is 209 g/mol. The minimum atomic E-state index is 0.273. The molecule has 1 aliphatic rings. The highest BCUT2D eigenvalue weighted by Crippen LogP contribution is 2.36. The Labute approximate surface area is 84.9 Å². The Kier molecular flexibility index (Phi) is 1.86. The van der Waals surface area contributed by atoms with Crippen molar-refractivity contribution in [3.63, 3.8) is 0 Å². The highest BCUT2D eigenvalue weighted by molar-refractivity contribution is 6.44. The molecule has 0 saturated heterocycles. The van der Waals surface area contributed by atoms with Crippen molar-refractivity contribution < 1.29 is 4.70 Å². The average Bonchev–Trinajstić information content (AvgIpc) is 2.35. The lowest BCUT2D eigenvalue weighted by molar-refractivity contribution is -0.515. The first kappa shape index (κ1) is 8.66. The third-order valence-corrected chi connectivity index (χ3v) is 2.79. The van der Waals surface area contributed by atoms with Gasteiger partial charge in [0.1, 0.15) is 5.71 Å². The van der Waals surface area contributed by atoms with Crippen molar-refractivity contribution in [2.75, 3.05) is 6.54 Å². The largest absolute Gasteiger partial charge is 0.298 e. The fourth-order valence-electron chi connectivity index (χ4n) is 1.37. The van der Waals surface area contributed by atoms with E-state index in [4.69, 9.17) is 34.1 Å². The van der Waals surface area contributed by atoms with Crippen molar-refractivity contribution in [2.45, 2.75) is 0 Å². The highest BCUT2D eigenvalue weighted by atomic mass is 35.5. The van der Waals surface area contributed by atoms with Crippen molar-refractivity contribution in [2.24, 2.45) is 0 Å². The second-order valence-electron chi connectivity index (χ2n) is 2.82. The fourth-order valence-corrected chi connectivity index (χ4v) is 1.81. The topological polar surface area (TPSA) is 50.7 Å². The molecule has 2 rings (SSSR count). The number of hydrogen-bond donors (Lipinski definition) is 2. The van der Waals surface area contributed by atoms with Crippen LogP contribution in [0.3, 0.4) is 0 Å². The van der Waals surface area contributed by atoms with Gasteiger partial charge in [0, 0.05) is 6.07 Å². The van der Waals surface area contributed by atoms with Crippen LogP contribution in [0, 0.1) is 10.9 Å². The molecule has 0 aliphatic carbocycles. The van der Waals surface area contributed by atoms with Gasteiger partial charge < -0.3 is 0 Å². The molecule has 2 N–H and O–H groups in total. The first-order valence-corrected chi connectivity index (χ1v) is 4.41. The number of benzene rings is 1. The van der Waals surface area contributed by atoms with Crippen LogP contribution in [-0.2, 0) is 0 Å². The van der Waals surface area contributed by atoms with Crippen LogP contribution < -0.4 is 0 Å². The molecule has 0 saturated carbocycles. The second kappa shape index (κ2) is 2.79. The monoisotopic (exact) mass is 214 g/mol. The highest BCUT2D eigenvalue weighted by Gasteiger charge is 2.32. The summed E-state index contributed by atoms with van der Waals surface area (Å²) in [6.45, 7) is 0.273. The Hall–Kier alpha value is -0.930. The first-order valence-electron chi connectivity index (χ1n) is 3.66. The summed E-state index contributed by atoms with van der Waals surface area (Å²) in [5.41, 5.74) is 9.09. The molecule has 1 aliphatic heterocycles. The van der Waals surface area contributed by atoms with Crippen LogP contribution in [0.25, 0.3) is 0 Å². The Morgan fingerprint density at radius 2 is 2.00 bits per heavy atom. The van der Waals surface area contributed by atoms with Crippen molar-refractivity contribution in [3.05, 3.63) is 27.7 Å². The van der Waals surface area contributed by atoms with Crippen LogP contribution in [0.1, 0.15) is 5.56 Å². The third-order valence-electron chi connectivity index (χ3n) is 1.98. The van der Waals surface area contributed by atoms with Crippen molar-refractivity contribution in [1.82, 2.24) is 0 Å². The minimum Gasteiger partial charge on any atom is -0.298 e. The Balaban J connectivity index is 2.78. The predicted molar refractivity (Wildman–Crippen MR) is 50.8 cm³/mol. The van der Waals surface area contributed by atoms with E-state index in [1.54, 1.807) is 12.1 Å². The van der Waals surface area contributed by atoms with Gasteiger partial charge in [0.2, 0.25) is 12.2 Å². The molecule has 0 radical (unpaired) electrons. The summed E-state index contributed by atoms with van der Waals surface area (Å²) in [6, 6.07) is 3.35. The number of fused-ring (bicyclic) bond motifs is 1. The Bertz CT molecular complexity index is 426. The molecule has 0 atom stereocenters. The van der Waals surface area contributed by atoms with Crippen LogP contribution in [-0.4, -0.2) is 17.0 Å². The second-order valence-corrected chi connectivity index (χ2v) is 3.61. The van der Waals surface area contributed by atoms with Crippen LogP contribution in [0.15, 0.2) is 12.1 Å². The van der Waals surface area contributed by atoms with E-state index in [1.165, 1.54) is 4.70 Å². The normalized spacial score (nSPS) is 14.9. The molecule has 0 spiro atoms. The van der Waals surface area contributed by atoms with Gasteiger partial charge in [-0.05, 0) is 6.07 Å². The maximum atomic E-state index is 7.59. The molecule has 5 heteroatoms. The average molecular weight is 215 g/mol. The number of nitrogens with zero attached hydrogens (tertiary/aromatic N) is 1. The molecule has 0 unspecified atom stereocenters. The Morgan fingerprint density at radius 3 is 2.69 bits per heavy atom. The lowest BCUT2D eigenvalue weighted by Gasteiger charge is -1.97. The molecular formula is C8H6Cl2N3+. The molecule has 1 aromatic carbocycles. The minimum absolute atomic E-state index is 0.273. The van der Waals surface area contributed by atoms with Gasteiger partial charge in [-0.25, -0.2) is 0 Å². The lowest BCUT2D eigenvalue weighted by Crippen LogP contribution is -2.02. The van der Waals surface area contributed by atoms with Crippen molar-refractivity contribution in [1.29, 1.82) is 10.9 Å². The van der Waals surface area contributed by atoms with Crippen LogP contribution in [0.5, 0.6) is 0 Å². The SMILES string of the molecule is N=C1C[N+](=N)c2ccc(Cl)c(Cl)c21. The zero-order chi connectivity index (χ0) is 9.59. The maximum Gasteiger partial charge on any atom is 0.242 e. The summed E-state index contributed by atoms with van der Waals surface area (Å²) >= 11 is 11.7. The zero-order valence-corrected chi connectivity index (χ0v) is 8.08. The molecule has 13 heavy (non-hydrogen) atoms. The van der Waals surface area contributed by atoms with E-state index in [-0.39, 0.29) is 6.54 Å². The number of halogens is 2. The van der Waals surface area contributed by atoms with Gasteiger partial charge in [0.15, 0.2) is 0 Å². The number of hydrogen-bond acceptors (Lipinski definition) is 2. The van der Waals surface area contributed by atoms with E-state index in [2.05, 4.69) is 0 Å². The zero-order valence-electron chi connectivity index (χ0n) is 6.56. The summed E-state index contributed by atoms with van der Waals surface area (Å²) in [4.78, 5) is 0. The summed E-state index contributed by atoms with van der Waals surface area (Å²) in [5, 5.41) is 8.40. The van der Waals surface area contributed by atoms with E-state index < -0.39 is 0 Å². The van der Waals surface area contributed by atoms with E-state index in [1.807, 2.05) is 0 Å². The van der Waals surface area contributed by atoms with Gasteiger partial charge in [-0.3, -0.25) is 5.41 Å². The molecule has 0 aromatic heterocycles. The maximum absolute atomic E-state index is 7.59. The summed E-state index contributed by atoms with van der Waals surface area (Å²) in [7, 11) is 0. The predicted octanol–water partition coefficient (Wildman–Crippen LogP) is 3.05. The smallest absolute Gasteiger partial charge is 0.242 e. The molecule has 3 nitrogen and oxygen atoms in total. The summed E-state index contributed by atoms with van der Waals surface area (Å²) < 4.78 is 1.24. The van der Waals surface area contributed by atoms with E-state index >= 15 is 0 Å². The summed E-state index contributed by atoms with van der Waals surface area (Å²) in [6.07, 6.45) is 0. The third kappa shape index (κ3) is 1.16. The summed E-state index contributed by atoms with van der Waals surface area (Å²) in [5.74, 6) is 0. The fraction of sp³-hybridized carbons (Fsp3) is 0.125. The molecule has 0 amide bonds. The lowest BCUT2D eigenvalue weighted by atomic mass is 10.1. The van der Waals surface area contributed by atoms with Gasteiger partial charge in [-0.2, -0.15) is 0 Å². The van der Waals surface area contributed by atoms with E-state index in [0.717, 1.165) is 0 Å². The quantitative estimate of drug-likeness (QED) is 0.625. The molecule has 1 heterocycles. The van der Waals surface area contributed by atoms with Gasteiger partial charge >= 0.3 is 0 Å².